The van der Waals surface area contributed by atoms with E-state index in [0.717, 1.165) is 49.7 Å². The van der Waals surface area contributed by atoms with Gasteiger partial charge in [0.25, 0.3) is 0 Å². The van der Waals surface area contributed by atoms with Gasteiger partial charge in [-0.05, 0) is 31.0 Å². The first-order chi connectivity index (χ1) is 12.8. The molecule has 3 aromatic rings. The molecule has 1 amide bonds. The zero-order chi connectivity index (χ0) is 17.9. The fourth-order valence-corrected chi connectivity index (χ4v) is 4.49. The van der Waals surface area contributed by atoms with Gasteiger partial charge in [0.2, 0.25) is 5.91 Å². The van der Waals surface area contributed by atoms with Crippen LogP contribution in [0.2, 0.25) is 0 Å². The van der Waals surface area contributed by atoms with Crippen molar-refractivity contribution in [1.29, 1.82) is 0 Å². The van der Waals surface area contributed by atoms with Crippen LogP contribution in [-0.2, 0) is 4.79 Å². The summed E-state index contributed by atoms with van der Waals surface area (Å²) in [4.78, 5) is 22.1. The highest BCUT2D eigenvalue weighted by molar-refractivity contribution is 7.22. The zero-order valence-corrected chi connectivity index (χ0v) is 15.7. The maximum atomic E-state index is 13.0. The molecule has 1 aromatic carbocycles. The van der Waals surface area contributed by atoms with Crippen LogP contribution in [0.15, 0.2) is 42.7 Å². The molecule has 1 atom stereocenters. The second kappa shape index (κ2) is 7.45. The second-order valence-corrected chi connectivity index (χ2v) is 7.55. The summed E-state index contributed by atoms with van der Waals surface area (Å²) >= 11 is 1.73. The van der Waals surface area contributed by atoms with Gasteiger partial charge in [-0.25, -0.2) is 4.98 Å². The van der Waals surface area contributed by atoms with Gasteiger partial charge in [0.05, 0.1) is 10.2 Å². The van der Waals surface area contributed by atoms with E-state index in [4.69, 9.17) is 4.98 Å². The summed E-state index contributed by atoms with van der Waals surface area (Å²) in [6, 6.07) is 9.90. The van der Waals surface area contributed by atoms with Crippen molar-refractivity contribution in [2.24, 2.45) is 0 Å². The number of anilines is 1. The van der Waals surface area contributed by atoms with E-state index in [9.17, 15) is 4.79 Å². The van der Waals surface area contributed by atoms with Crippen molar-refractivity contribution in [1.82, 2.24) is 19.7 Å². The van der Waals surface area contributed by atoms with Crippen LogP contribution >= 0.6 is 11.3 Å². The maximum Gasteiger partial charge on any atom is 0.247 e. The van der Waals surface area contributed by atoms with E-state index in [0.29, 0.717) is 0 Å². The van der Waals surface area contributed by atoms with E-state index in [1.807, 2.05) is 36.2 Å². The van der Waals surface area contributed by atoms with E-state index in [1.165, 1.54) is 4.70 Å². The summed E-state index contributed by atoms with van der Waals surface area (Å²) in [5, 5.41) is 5.32. The van der Waals surface area contributed by atoms with Crippen LogP contribution in [-0.4, -0.2) is 51.8 Å². The summed E-state index contributed by atoms with van der Waals surface area (Å²) in [6.07, 6.45) is 5.31. The summed E-state index contributed by atoms with van der Waals surface area (Å²) in [5.74, 6) is 0.169. The lowest BCUT2D eigenvalue weighted by Crippen LogP contribution is -2.39. The monoisotopic (exact) mass is 369 g/mol. The van der Waals surface area contributed by atoms with E-state index in [1.54, 1.807) is 22.2 Å². The number of hydrogen-bond acceptors (Lipinski definition) is 5. The van der Waals surface area contributed by atoms with Gasteiger partial charge in [0.15, 0.2) is 5.13 Å². The van der Waals surface area contributed by atoms with Crippen LogP contribution in [0.4, 0.5) is 5.13 Å². The lowest BCUT2D eigenvalue weighted by atomic mass is 10.2. The third-order valence-corrected chi connectivity index (χ3v) is 5.97. The van der Waals surface area contributed by atoms with Crippen molar-refractivity contribution in [3.05, 3.63) is 42.7 Å². The molecule has 1 aliphatic rings. The molecule has 0 radical (unpaired) electrons. The molecule has 1 unspecified atom stereocenters. The van der Waals surface area contributed by atoms with Gasteiger partial charge in [-0.15, -0.1) is 0 Å². The number of para-hydroxylation sites is 1. The molecule has 3 heterocycles. The molecule has 4 rings (SSSR count). The van der Waals surface area contributed by atoms with Crippen LogP contribution in [0.25, 0.3) is 10.2 Å². The number of rotatable bonds is 4. The van der Waals surface area contributed by atoms with Crippen molar-refractivity contribution in [2.75, 3.05) is 31.1 Å². The number of nitrogens with zero attached hydrogens (tertiary/aromatic N) is 5. The fraction of sp³-hybridized carbons (Fsp3) is 0.421. The summed E-state index contributed by atoms with van der Waals surface area (Å²) in [7, 11) is 0. The Morgan fingerprint density at radius 3 is 2.85 bits per heavy atom. The largest absolute Gasteiger partial charge is 0.346 e. The molecule has 26 heavy (non-hydrogen) atoms. The molecule has 0 spiro atoms. The van der Waals surface area contributed by atoms with E-state index in [-0.39, 0.29) is 11.9 Å². The standard InChI is InChI=1S/C19H23N5OS/c1-2-16(24-12-5-9-20-24)18(25)22-10-6-11-23(14-13-22)19-21-15-7-3-4-8-17(15)26-19/h3-5,7-9,12,16H,2,6,10-11,13-14H2,1H3. The van der Waals surface area contributed by atoms with E-state index >= 15 is 0 Å². The first kappa shape index (κ1) is 17.0. The fourth-order valence-electron chi connectivity index (χ4n) is 3.48. The quantitative estimate of drug-likeness (QED) is 0.709. The van der Waals surface area contributed by atoms with Gasteiger partial charge >= 0.3 is 0 Å². The van der Waals surface area contributed by atoms with Gasteiger partial charge in [-0.3, -0.25) is 9.48 Å². The minimum atomic E-state index is -0.209. The minimum absolute atomic E-state index is 0.169. The normalized spacial score (nSPS) is 16.7. The molecule has 7 heteroatoms. The Hall–Kier alpha value is -2.41. The van der Waals surface area contributed by atoms with Gasteiger partial charge in [-0.1, -0.05) is 30.4 Å². The zero-order valence-electron chi connectivity index (χ0n) is 14.9. The van der Waals surface area contributed by atoms with Gasteiger partial charge in [0, 0.05) is 38.6 Å². The predicted octanol–water partition coefficient (Wildman–Crippen LogP) is 3.18. The molecule has 0 bridgehead atoms. The summed E-state index contributed by atoms with van der Waals surface area (Å²) < 4.78 is 2.99. The summed E-state index contributed by atoms with van der Waals surface area (Å²) in [5.41, 5.74) is 1.05. The average molecular weight is 369 g/mol. The average Bonchev–Trinajstić information content (AvgIpc) is 3.27. The molecule has 0 saturated carbocycles. The van der Waals surface area contributed by atoms with E-state index < -0.39 is 0 Å². The number of aromatic nitrogens is 3. The lowest BCUT2D eigenvalue weighted by molar-refractivity contribution is -0.135. The van der Waals surface area contributed by atoms with Crippen LogP contribution in [0.5, 0.6) is 0 Å². The second-order valence-electron chi connectivity index (χ2n) is 6.54. The van der Waals surface area contributed by atoms with Crippen LogP contribution in [0, 0.1) is 0 Å². The Balaban J connectivity index is 1.46. The third-order valence-electron chi connectivity index (χ3n) is 4.88. The van der Waals surface area contributed by atoms with Crippen LogP contribution in [0.3, 0.4) is 0 Å². The number of fused-ring (bicyclic) bond motifs is 1. The Morgan fingerprint density at radius 1 is 1.19 bits per heavy atom. The Kier molecular flexibility index (Phi) is 4.88. The number of carbonyl (C=O) groups is 1. The van der Waals surface area contributed by atoms with Crippen LogP contribution < -0.4 is 4.90 Å². The van der Waals surface area contributed by atoms with Gasteiger partial charge in [0.1, 0.15) is 6.04 Å². The molecule has 6 nitrogen and oxygen atoms in total. The number of thiazole rings is 1. The van der Waals surface area contributed by atoms with Crippen molar-refractivity contribution >= 4 is 32.6 Å². The first-order valence-electron chi connectivity index (χ1n) is 9.14. The molecule has 0 N–H and O–H groups in total. The molecule has 0 aliphatic carbocycles. The SMILES string of the molecule is CCC(C(=O)N1CCCN(c2nc3ccccc3s2)CC1)n1cccn1. The maximum absolute atomic E-state index is 13.0. The molecule has 1 fully saturated rings. The molecule has 1 aliphatic heterocycles. The number of carbonyl (C=O) groups excluding carboxylic acids is 1. The van der Waals surface area contributed by atoms with Crippen LogP contribution in [0.1, 0.15) is 25.8 Å². The van der Waals surface area contributed by atoms with Gasteiger partial charge < -0.3 is 9.80 Å². The van der Waals surface area contributed by atoms with Crippen molar-refractivity contribution in [2.45, 2.75) is 25.8 Å². The lowest BCUT2D eigenvalue weighted by Gasteiger charge is -2.26. The number of benzene rings is 1. The topological polar surface area (TPSA) is 54.3 Å². The Bertz CT molecular complexity index is 842. The highest BCUT2D eigenvalue weighted by Crippen LogP contribution is 2.29. The highest BCUT2D eigenvalue weighted by atomic mass is 32.1. The smallest absolute Gasteiger partial charge is 0.247 e. The minimum Gasteiger partial charge on any atom is -0.346 e. The Morgan fingerprint density at radius 2 is 2.08 bits per heavy atom. The third kappa shape index (κ3) is 3.31. The molecular formula is C19H23N5OS. The molecule has 136 valence electrons. The van der Waals surface area contributed by atoms with E-state index in [2.05, 4.69) is 22.1 Å². The highest BCUT2D eigenvalue weighted by Gasteiger charge is 2.27. The molecular weight excluding hydrogens is 346 g/mol. The predicted molar refractivity (Wildman–Crippen MR) is 105 cm³/mol. The molecule has 1 saturated heterocycles. The van der Waals surface area contributed by atoms with Crippen molar-refractivity contribution in [3.63, 3.8) is 0 Å². The van der Waals surface area contributed by atoms with Gasteiger partial charge in [-0.2, -0.15) is 5.10 Å². The number of amides is 1. The Labute approximate surface area is 157 Å². The first-order valence-corrected chi connectivity index (χ1v) is 9.96. The van der Waals surface area contributed by atoms with Crippen molar-refractivity contribution < 1.29 is 4.79 Å². The van der Waals surface area contributed by atoms with Crippen molar-refractivity contribution in [3.8, 4) is 0 Å². The number of hydrogen-bond donors (Lipinski definition) is 0. The molecule has 2 aromatic heterocycles. The summed E-state index contributed by atoms with van der Waals surface area (Å²) in [6.45, 7) is 5.31.